The molecule has 0 saturated carbocycles. The van der Waals surface area contributed by atoms with Crippen molar-refractivity contribution < 1.29 is 4.74 Å². The van der Waals surface area contributed by atoms with Gasteiger partial charge in [-0.15, -0.1) is 0 Å². The average Bonchev–Trinajstić information content (AvgIpc) is 2.50. The van der Waals surface area contributed by atoms with Crippen LogP contribution in [0.4, 0.5) is 0 Å². The number of ether oxygens (including phenoxy) is 1. The highest BCUT2D eigenvalue weighted by Gasteiger charge is 2.17. The molecule has 0 atom stereocenters. The Hall–Kier alpha value is -1.61. The molecule has 3 heteroatoms. The van der Waals surface area contributed by atoms with Crippen molar-refractivity contribution in [3.8, 4) is 0 Å². The molecule has 0 amide bonds. The molecule has 0 spiro atoms. The maximum absolute atomic E-state index is 5.78. The molecule has 0 radical (unpaired) electrons. The third kappa shape index (κ3) is 4.82. The first-order chi connectivity index (χ1) is 9.65. The molecule has 0 aromatic carbocycles. The third-order valence-electron chi connectivity index (χ3n) is 3.17. The number of hydrogen-bond acceptors (Lipinski definition) is 3. The zero-order chi connectivity index (χ0) is 15.5. The molecule has 1 aliphatic heterocycles. The second kappa shape index (κ2) is 10.2. The number of allylic oxidation sites excluding steroid dienone is 4. The molecule has 0 aromatic rings. The number of hydrogen-bond donors (Lipinski definition) is 1. The van der Waals surface area contributed by atoms with Gasteiger partial charge in [0.1, 0.15) is 5.76 Å². The number of nitrogens with zero attached hydrogens (tertiary/aromatic N) is 1. The molecule has 0 aromatic heterocycles. The first-order valence-electron chi connectivity index (χ1n) is 7.03. The quantitative estimate of drug-likeness (QED) is 0.613. The van der Waals surface area contributed by atoms with Crippen LogP contribution in [0.15, 0.2) is 52.3 Å². The Bertz CT molecular complexity index is 428. The van der Waals surface area contributed by atoms with Crippen molar-refractivity contribution in [2.75, 3.05) is 20.7 Å². The Morgan fingerprint density at radius 1 is 1.45 bits per heavy atom. The van der Waals surface area contributed by atoms with E-state index in [9.17, 15) is 0 Å². The van der Waals surface area contributed by atoms with Crippen LogP contribution in [0.1, 0.15) is 33.1 Å². The van der Waals surface area contributed by atoms with Crippen LogP contribution >= 0.6 is 0 Å². The van der Waals surface area contributed by atoms with Gasteiger partial charge in [-0.1, -0.05) is 26.2 Å². The number of nitrogens with two attached hydrogens (primary N) is 1. The molecule has 2 N–H and O–H groups in total. The fourth-order valence-corrected chi connectivity index (χ4v) is 2.26. The lowest BCUT2D eigenvalue weighted by Gasteiger charge is -2.23. The first-order valence-corrected chi connectivity index (χ1v) is 7.03. The van der Waals surface area contributed by atoms with E-state index in [0.717, 1.165) is 42.8 Å². The zero-order valence-electron chi connectivity index (χ0n) is 13.3. The van der Waals surface area contributed by atoms with Gasteiger partial charge in [-0.3, -0.25) is 4.99 Å². The molecule has 0 bridgehead atoms. The van der Waals surface area contributed by atoms with Crippen LogP contribution in [0.3, 0.4) is 0 Å². The van der Waals surface area contributed by atoms with Crippen LogP contribution in [0.5, 0.6) is 0 Å². The van der Waals surface area contributed by atoms with Gasteiger partial charge in [0.2, 0.25) is 0 Å². The molecule has 112 valence electrons. The van der Waals surface area contributed by atoms with E-state index < -0.39 is 0 Å². The Kier molecular flexibility index (Phi) is 9.39. The van der Waals surface area contributed by atoms with E-state index in [4.69, 9.17) is 4.74 Å². The van der Waals surface area contributed by atoms with Crippen molar-refractivity contribution in [2.24, 2.45) is 10.7 Å². The van der Waals surface area contributed by atoms with Crippen LogP contribution in [0.2, 0.25) is 0 Å². The van der Waals surface area contributed by atoms with Crippen LogP contribution < -0.4 is 5.73 Å². The third-order valence-corrected chi connectivity index (χ3v) is 3.17. The second-order valence-corrected chi connectivity index (χ2v) is 4.39. The van der Waals surface area contributed by atoms with Crippen molar-refractivity contribution in [3.63, 3.8) is 0 Å². The lowest BCUT2D eigenvalue weighted by molar-refractivity contribution is 0.198. The molecule has 1 aliphatic rings. The maximum atomic E-state index is 5.78. The summed E-state index contributed by atoms with van der Waals surface area (Å²) in [6.07, 6.45) is 6.76. The number of aliphatic imine (C=N–C) groups is 1. The van der Waals surface area contributed by atoms with Gasteiger partial charge in [-0.25, -0.2) is 0 Å². The summed E-state index contributed by atoms with van der Waals surface area (Å²) in [5.74, 6) is 0.914. The van der Waals surface area contributed by atoms with Crippen molar-refractivity contribution in [3.05, 3.63) is 47.3 Å². The summed E-state index contributed by atoms with van der Waals surface area (Å²) in [5, 5.41) is 0. The molecule has 0 fully saturated rings. The molecule has 0 aliphatic carbocycles. The van der Waals surface area contributed by atoms with Crippen molar-refractivity contribution in [1.29, 1.82) is 0 Å². The highest BCUT2D eigenvalue weighted by molar-refractivity contribution is 5.80. The summed E-state index contributed by atoms with van der Waals surface area (Å²) in [7, 11) is 3.28. The van der Waals surface area contributed by atoms with Crippen LogP contribution in [0.25, 0.3) is 0 Å². The second-order valence-electron chi connectivity index (χ2n) is 4.39. The normalized spacial score (nSPS) is 16.1. The molecule has 3 nitrogen and oxygen atoms in total. The highest BCUT2D eigenvalue weighted by atomic mass is 16.5. The predicted molar refractivity (Wildman–Crippen MR) is 89.1 cm³/mol. The predicted octanol–water partition coefficient (Wildman–Crippen LogP) is 3.80. The topological polar surface area (TPSA) is 47.6 Å². The van der Waals surface area contributed by atoms with E-state index in [1.165, 1.54) is 18.2 Å². The number of rotatable bonds is 5. The first kappa shape index (κ1) is 18.4. The highest BCUT2D eigenvalue weighted by Crippen LogP contribution is 2.31. The van der Waals surface area contributed by atoms with E-state index >= 15 is 0 Å². The zero-order valence-corrected chi connectivity index (χ0v) is 13.3. The van der Waals surface area contributed by atoms with Crippen molar-refractivity contribution in [1.82, 2.24) is 0 Å². The summed E-state index contributed by atoms with van der Waals surface area (Å²) in [6, 6.07) is 0. The van der Waals surface area contributed by atoms with Crippen LogP contribution in [0, 0.1) is 0 Å². The Balaban J connectivity index is 0.00000172. The maximum Gasteiger partial charge on any atom is 0.129 e. The van der Waals surface area contributed by atoms with Crippen LogP contribution in [-0.2, 0) is 4.74 Å². The van der Waals surface area contributed by atoms with E-state index in [2.05, 4.69) is 37.7 Å². The van der Waals surface area contributed by atoms with Gasteiger partial charge in [-0.2, -0.15) is 0 Å². The monoisotopic (exact) mass is 276 g/mol. The van der Waals surface area contributed by atoms with E-state index in [1.807, 2.05) is 12.3 Å². The van der Waals surface area contributed by atoms with Gasteiger partial charge in [0.05, 0.1) is 6.61 Å². The summed E-state index contributed by atoms with van der Waals surface area (Å²) in [4.78, 5) is 4.07. The summed E-state index contributed by atoms with van der Waals surface area (Å²) >= 11 is 0. The van der Waals surface area contributed by atoms with Gasteiger partial charge in [0.25, 0.3) is 0 Å². The van der Waals surface area contributed by atoms with Gasteiger partial charge < -0.3 is 10.5 Å². The van der Waals surface area contributed by atoms with E-state index in [1.54, 1.807) is 7.05 Å². The molecule has 20 heavy (non-hydrogen) atoms. The fourth-order valence-electron chi connectivity index (χ4n) is 2.26. The Morgan fingerprint density at radius 3 is 2.60 bits per heavy atom. The smallest absolute Gasteiger partial charge is 0.129 e. The molecule has 1 heterocycles. The van der Waals surface area contributed by atoms with Gasteiger partial charge in [0, 0.05) is 18.8 Å². The lowest BCUT2D eigenvalue weighted by atomic mass is 9.94. The molecule has 1 rings (SSSR count). The SMILES string of the molecule is C=CC1=C(C(=C)/C(CC)=C(\C)C=NC)OCCC1.CN. The van der Waals surface area contributed by atoms with Gasteiger partial charge in [0.15, 0.2) is 0 Å². The minimum Gasteiger partial charge on any atom is -0.493 e. The van der Waals surface area contributed by atoms with Crippen molar-refractivity contribution in [2.45, 2.75) is 33.1 Å². The van der Waals surface area contributed by atoms with Gasteiger partial charge in [-0.05, 0) is 50.0 Å². The summed E-state index contributed by atoms with van der Waals surface area (Å²) in [6.45, 7) is 13.0. The average molecular weight is 276 g/mol. The Labute approximate surface area is 123 Å². The lowest BCUT2D eigenvalue weighted by Crippen LogP contribution is -2.09. The molecule has 0 unspecified atom stereocenters. The van der Waals surface area contributed by atoms with E-state index in [-0.39, 0.29) is 0 Å². The molecular formula is C17H28N2O. The minimum absolute atomic E-state index is 0.767. The van der Waals surface area contributed by atoms with Crippen molar-refractivity contribution >= 4 is 6.21 Å². The summed E-state index contributed by atoms with van der Waals surface area (Å²) < 4.78 is 5.78. The molecule has 0 saturated heterocycles. The largest absolute Gasteiger partial charge is 0.493 e. The standard InChI is InChI=1S/C16H23NO.CH5N/c1-6-14-9-8-10-18-16(14)13(4)15(7-2)12(3)11-17-5;1-2/h6,11H,1,4,7-10H2,2-3,5H3;2H2,1H3/b15-12+,17-11?;. The van der Waals surface area contributed by atoms with Crippen LogP contribution in [-0.4, -0.2) is 26.9 Å². The fraction of sp³-hybridized carbons (Fsp3) is 0.471. The summed E-state index contributed by atoms with van der Waals surface area (Å²) in [5.41, 5.74) is 9.00. The van der Waals surface area contributed by atoms with E-state index in [0.29, 0.717) is 0 Å². The molecular weight excluding hydrogens is 248 g/mol. The minimum atomic E-state index is 0.767. The Morgan fingerprint density at radius 2 is 2.10 bits per heavy atom. The van der Waals surface area contributed by atoms with Gasteiger partial charge >= 0.3 is 0 Å².